The Morgan fingerprint density at radius 2 is 2.38 bits per heavy atom. The van der Waals surface area contributed by atoms with Crippen LogP contribution in [0.1, 0.15) is 24.4 Å². The number of rotatable bonds is 2. The fourth-order valence-electron chi connectivity index (χ4n) is 1.62. The highest BCUT2D eigenvalue weighted by Gasteiger charge is 2.21. The first kappa shape index (κ1) is 11.1. The predicted octanol–water partition coefficient (Wildman–Crippen LogP) is 0.126. The van der Waals surface area contributed by atoms with E-state index in [9.17, 15) is 9.90 Å². The SMILES string of the molecule is CCc1c(O)nc(C2COCCO2)[nH]c1=O. The molecular formula is C10H14N2O4. The van der Waals surface area contributed by atoms with E-state index in [1.807, 2.05) is 0 Å². The molecule has 88 valence electrons. The molecule has 16 heavy (non-hydrogen) atoms. The predicted molar refractivity (Wildman–Crippen MR) is 55.4 cm³/mol. The van der Waals surface area contributed by atoms with Gasteiger partial charge in [-0.3, -0.25) is 4.79 Å². The number of aromatic nitrogens is 2. The second kappa shape index (κ2) is 4.63. The van der Waals surface area contributed by atoms with Gasteiger partial charge in [0.1, 0.15) is 11.9 Å². The number of nitrogens with zero attached hydrogens (tertiary/aromatic N) is 1. The second-order valence-corrected chi connectivity index (χ2v) is 3.54. The Labute approximate surface area is 92.2 Å². The van der Waals surface area contributed by atoms with Crippen molar-refractivity contribution in [2.45, 2.75) is 19.4 Å². The Balaban J connectivity index is 2.31. The van der Waals surface area contributed by atoms with Crippen LogP contribution in [0.5, 0.6) is 5.88 Å². The summed E-state index contributed by atoms with van der Waals surface area (Å²) in [7, 11) is 0. The second-order valence-electron chi connectivity index (χ2n) is 3.54. The van der Waals surface area contributed by atoms with Crippen molar-refractivity contribution in [2.75, 3.05) is 19.8 Å². The van der Waals surface area contributed by atoms with Gasteiger partial charge in [-0.1, -0.05) is 6.92 Å². The van der Waals surface area contributed by atoms with Gasteiger partial charge in [0.05, 0.1) is 25.4 Å². The molecule has 1 fully saturated rings. The third kappa shape index (κ3) is 2.07. The van der Waals surface area contributed by atoms with Gasteiger partial charge in [-0.25, -0.2) is 0 Å². The molecule has 0 spiro atoms. The van der Waals surface area contributed by atoms with Crippen LogP contribution >= 0.6 is 0 Å². The minimum absolute atomic E-state index is 0.226. The maximum absolute atomic E-state index is 11.6. The zero-order valence-corrected chi connectivity index (χ0v) is 9.02. The molecular weight excluding hydrogens is 212 g/mol. The zero-order chi connectivity index (χ0) is 11.5. The lowest BCUT2D eigenvalue weighted by atomic mass is 10.2. The standard InChI is InChI=1S/C10H14N2O4/c1-2-6-9(13)11-8(12-10(6)14)7-5-15-3-4-16-7/h7H,2-5H2,1H3,(H2,11,12,13,14). The summed E-state index contributed by atoms with van der Waals surface area (Å²) in [4.78, 5) is 18.1. The van der Waals surface area contributed by atoms with Crippen molar-refractivity contribution in [2.24, 2.45) is 0 Å². The van der Waals surface area contributed by atoms with Crippen LogP contribution in [-0.4, -0.2) is 34.9 Å². The Hall–Kier alpha value is -1.40. The summed E-state index contributed by atoms with van der Waals surface area (Å²) >= 11 is 0. The molecule has 1 aliphatic heterocycles. The van der Waals surface area contributed by atoms with Crippen LogP contribution in [0.2, 0.25) is 0 Å². The first-order valence-corrected chi connectivity index (χ1v) is 5.23. The number of nitrogens with one attached hydrogen (secondary N) is 1. The summed E-state index contributed by atoms with van der Waals surface area (Å²) in [6.45, 7) is 3.13. The van der Waals surface area contributed by atoms with Crippen molar-refractivity contribution in [1.82, 2.24) is 9.97 Å². The van der Waals surface area contributed by atoms with Gasteiger partial charge < -0.3 is 19.6 Å². The van der Waals surface area contributed by atoms with E-state index < -0.39 is 6.10 Å². The smallest absolute Gasteiger partial charge is 0.257 e. The maximum atomic E-state index is 11.6. The molecule has 2 N–H and O–H groups in total. The molecule has 1 saturated heterocycles. The van der Waals surface area contributed by atoms with E-state index in [0.29, 0.717) is 37.6 Å². The van der Waals surface area contributed by atoms with E-state index >= 15 is 0 Å². The molecule has 0 aromatic carbocycles. The molecule has 6 nitrogen and oxygen atoms in total. The number of ether oxygens (including phenoxy) is 2. The highest BCUT2D eigenvalue weighted by Crippen LogP contribution is 2.19. The van der Waals surface area contributed by atoms with E-state index in [1.54, 1.807) is 6.92 Å². The van der Waals surface area contributed by atoms with Crippen LogP contribution in [0.4, 0.5) is 0 Å². The molecule has 2 rings (SSSR count). The highest BCUT2D eigenvalue weighted by molar-refractivity contribution is 5.22. The number of hydrogen-bond acceptors (Lipinski definition) is 5. The van der Waals surface area contributed by atoms with Crippen LogP contribution in [-0.2, 0) is 15.9 Å². The molecule has 6 heteroatoms. The lowest BCUT2D eigenvalue weighted by Crippen LogP contribution is -2.26. The summed E-state index contributed by atoms with van der Waals surface area (Å²) in [5.74, 6) is 0.0924. The fraction of sp³-hybridized carbons (Fsp3) is 0.600. The molecule has 0 aliphatic carbocycles. The summed E-state index contributed by atoms with van der Waals surface area (Å²) in [5, 5.41) is 9.58. The first-order valence-electron chi connectivity index (χ1n) is 5.23. The lowest BCUT2D eigenvalue weighted by molar-refractivity contribution is -0.0937. The largest absolute Gasteiger partial charge is 0.493 e. The van der Waals surface area contributed by atoms with Gasteiger partial charge in [0.25, 0.3) is 5.56 Å². The molecule has 0 radical (unpaired) electrons. The van der Waals surface area contributed by atoms with Crippen molar-refractivity contribution in [3.05, 3.63) is 21.7 Å². The summed E-state index contributed by atoms with van der Waals surface area (Å²) in [6.07, 6.45) is 0.0366. The number of H-pyrrole nitrogens is 1. The van der Waals surface area contributed by atoms with Crippen molar-refractivity contribution < 1.29 is 14.6 Å². The topological polar surface area (TPSA) is 84.4 Å². The Kier molecular flexibility index (Phi) is 3.21. The summed E-state index contributed by atoms with van der Waals surface area (Å²) in [6, 6.07) is 0. The Morgan fingerprint density at radius 1 is 1.56 bits per heavy atom. The monoisotopic (exact) mass is 226 g/mol. The van der Waals surface area contributed by atoms with Gasteiger partial charge in [-0.2, -0.15) is 4.98 Å². The van der Waals surface area contributed by atoms with Crippen LogP contribution in [0.3, 0.4) is 0 Å². The van der Waals surface area contributed by atoms with Crippen LogP contribution < -0.4 is 5.56 Å². The number of hydrogen-bond donors (Lipinski definition) is 2. The zero-order valence-electron chi connectivity index (χ0n) is 9.02. The number of aromatic hydroxyl groups is 1. The fourth-order valence-corrected chi connectivity index (χ4v) is 1.62. The van der Waals surface area contributed by atoms with Crippen molar-refractivity contribution in [1.29, 1.82) is 0 Å². The molecule has 0 bridgehead atoms. The van der Waals surface area contributed by atoms with E-state index in [4.69, 9.17) is 9.47 Å². The van der Waals surface area contributed by atoms with Gasteiger partial charge in [0, 0.05) is 0 Å². The first-order chi connectivity index (χ1) is 7.72. The number of aromatic amines is 1. The quantitative estimate of drug-likeness (QED) is 0.748. The minimum atomic E-state index is -0.404. The third-order valence-corrected chi connectivity index (χ3v) is 2.49. The van der Waals surface area contributed by atoms with Crippen LogP contribution in [0.25, 0.3) is 0 Å². The molecule has 0 amide bonds. The average molecular weight is 226 g/mol. The van der Waals surface area contributed by atoms with Gasteiger partial charge in [-0.05, 0) is 6.42 Å². The van der Waals surface area contributed by atoms with Gasteiger partial charge in [0.15, 0.2) is 0 Å². The summed E-state index contributed by atoms with van der Waals surface area (Å²) < 4.78 is 10.6. The third-order valence-electron chi connectivity index (χ3n) is 2.49. The van der Waals surface area contributed by atoms with E-state index in [-0.39, 0.29) is 11.4 Å². The summed E-state index contributed by atoms with van der Waals surface area (Å²) in [5.41, 5.74) is -0.0281. The maximum Gasteiger partial charge on any atom is 0.257 e. The highest BCUT2D eigenvalue weighted by atomic mass is 16.6. The Morgan fingerprint density at radius 3 is 2.94 bits per heavy atom. The molecule has 0 saturated carbocycles. The van der Waals surface area contributed by atoms with Gasteiger partial charge >= 0.3 is 0 Å². The van der Waals surface area contributed by atoms with Crippen molar-refractivity contribution in [3.8, 4) is 5.88 Å². The molecule has 1 aromatic rings. The van der Waals surface area contributed by atoms with E-state index in [2.05, 4.69) is 9.97 Å². The molecule has 1 aromatic heterocycles. The Bertz CT molecular complexity index is 423. The molecule has 1 unspecified atom stereocenters. The van der Waals surface area contributed by atoms with E-state index in [0.717, 1.165) is 0 Å². The van der Waals surface area contributed by atoms with Gasteiger partial charge in [0.2, 0.25) is 5.88 Å². The molecule has 2 heterocycles. The van der Waals surface area contributed by atoms with Crippen molar-refractivity contribution >= 4 is 0 Å². The normalized spacial score (nSPS) is 20.9. The van der Waals surface area contributed by atoms with E-state index in [1.165, 1.54) is 0 Å². The molecule has 1 atom stereocenters. The van der Waals surface area contributed by atoms with Crippen LogP contribution in [0.15, 0.2) is 4.79 Å². The average Bonchev–Trinajstić information content (AvgIpc) is 2.30. The van der Waals surface area contributed by atoms with Gasteiger partial charge in [-0.15, -0.1) is 0 Å². The van der Waals surface area contributed by atoms with Crippen LogP contribution in [0, 0.1) is 0 Å². The minimum Gasteiger partial charge on any atom is -0.493 e. The van der Waals surface area contributed by atoms with Crippen molar-refractivity contribution in [3.63, 3.8) is 0 Å². The lowest BCUT2D eigenvalue weighted by Gasteiger charge is -2.22. The molecule has 1 aliphatic rings.